The zero-order chi connectivity index (χ0) is 28.7. The van der Waals surface area contributed by atoms with Crippen LogP contribution in [0.25, 0.3) is 0 Å². The van der Waals surface area contributed by atoms with Gasteiger partial charge >= 0.3 is 0 Å². The Morgan fingerprint density at radius 2 is 1.49 bits per heavy atom. The SMILES string of the molecule is Cc1cccc(C)c1N(CC(=O)N(Cc1cccc(Br)c1)[C@@H](Cc1ccccc1)C(=O)NC(C)C)S(C)(=O)=O. The van der Waals surface area contributed by atoms with Crippen molar-refractivity contribution in [3.05, 3.63) is 99.5 Å². The summed E-state index contributed by atoms with van der Waals surface area (Å²) in [5, 5.41) is 2.96. The van der Waals surface area contributed by atoms with Crippen LogP contribution in [0.3, 0.4) is 0 Å². The fourth-order valence-electron chi connectivity index (χ4n) is 4.54. The number of amides is 2. The van der Waals surface area contributed by atoms with E-state index in [9.17, 15) is 18.0 Å². The number of carbonyl (C=O) groups is 2. The Labute approximate surface area is 240 Å². The minimum atomic E-state index is -3.82. The van der Waals surface area contributed by atoms with Gasteiger partial charge in [0.1, 0.15) is 12.6 Å². The molecule has 1 atom stereocenters. The van der Waals surface area contributed by atoms with Gasteiger partial charge in [-0.1, -0.05) is 76.6 Å². The van der Waals surface area contributed by atoms with E-state index in [-0.39, 0.29) is 24.9 Å². The summed E-state index contributed by atoms with van der Waals surface area (Å²) in [4.78, 5) is 29.2. The van der Waals surface area contributed by atoms with E-state index < -0.39 is 28.5 Å². The molecule has 7 nitrogen and oxygen atoms in total. The number of sulfonamides is 1. The fourth-order valence-corrected chi connectivity index (χ4v) is 5.95. The third-order valence-electron chi connectivity index (χ3n) is 6.31. The smallest absolute Gasteiger partial charge is 0.244 e. The number of anilines is 1. The molecule has 2 amide bonds. The minimum absolute atomic E-state index is 0.131. The molecule has 0 aliphatic heterocycles. The van der Waals surface area contributed by atoms with Crippen molar-refractivity contribution in [2.75, 3.05) is 17.1 Å². The molecule has 3 aromatic rings. The lowest BCUT2D eigenvalue weighted by Crippen LogP contribution is -2.54. The topological polar surface area (TPSA) is 86.8 Å². The number of nitrogens with zero attached hydrogens (tertiary/aromatic N) is 2. The Morgan fingerprint density at radius 1 is 0.897 bits per heavy atom. The average Bonchev–Trinajstić information content (AvgIpc) is 2.85. The summed E-state index contributed by atoms with van der Waals surface area (Å²) in [7, 11) is -3.82. The Kier molecular flexibility index (Phi) is 10.3. The molecule has 0 bridgehead atoms. The van der Waals surface area contributed by atoms with Crippen LogP contribution in [0.15, 0.2) is 77.3 Å². The van der Waals surface area contributed by atoms with Crippen LogP contribution in [0.2, 0.25) is 0 Å². The van der Waals surface area contributed by atoms with Crippen LogP contribution in [0.5, 0.6) is 0 Å². The summed E-state index contributed by atoms with van der Waals surface area (Å²) < 4.78 is 28.0. The first-order valence-electron chi connectivity index (χ1n) is 12.8. The largest absolute Gasteiger partial charge is 0.352 e. The lowest BCUT2D eigenvalue weighted by Gasteiger charge is -2.34. The number of hydrogen-bond acceptors (Lipinski definition) is 4. The van der Waals surface area contributed by atoms with E-state index in [4.69, 9.17) is 0 Å². The summed E-state index contributed by atoms with van der Waals surface area (Å²) in [5.41, 5.74) is 3.66. The molecule has 9 heteroatoms. The third-order valence-corrected chi connectivity index (χ3v) is 7.92. The van der Waals surface area contributed by atoms with E-state index in [1.54, 1.807) is 0 Å². The van der Waals surface area contributed by atoms with Crippen molar-refractivity contribution in [3.63, 3.8) is 0 Å². The van der Waals surface area contributed by atoms with Gasteiger partial charge in [0.2, 0.25) is 21.8 Å². The Balaban J connectivity index is 2.09. The van der Waals surface area contributed by atoms with Crippen molar-refractivity contribution in [3.8, 4) is 0 Å². The van der Waals surface area contributed by atoms with Crippen molar-refractivity contribution in [1.82, 2.24) is 10.2 Å². The van der Waals surface area contributed by atoms with Crippen molar-refractivity contribution in [2.45, 2.75) is 52.7 Å². The van der Waals surface area contributed by atoms with Gasteiger partial charge < -0.3 is 10.2 Å². The molecule has 1 N–H and O–H groups in total. The lowest BCUT2D eigenvalue weighted by molar-refractivity contribution is -0.140. The minimum Gasteiger partial charge on any atom is -0.352 e. The number of hydrogen-bond donors (Lipinski definition) is 1. The second-order valence-electron chi connectivity index (χ2n) is 10.0. The molecule has 39 heavy (non-hydrogen) atoms. The van der Waals surface area contributed by atoms with E-state index in [2.05, 4.69) is 21.2 Å². The highest BCUT2D eigenvalue weighted by Crippen LogP contribution is 2.27. The van der Waals surface area contributed by atoms with E-state index in [0.717, 1.165) is 37.3 Å². The third kappa shape index (κ3) is 8.41. The van der Waals surface area contributed by atoms with Crippen LogP contribution in [-0.2, 0) is 32.6 Å². The molecule has 3 rings (SSSR count). The van der Waals surface area contributed by atoms with Gasteiger partial charge in [0.15, 0.2) is 0 Å². The van der Waals surface area contributed by atoms with Crippen molar-refractivity contribution >= 4 is 43.5 Å². The molecule has 0 fully saturated rings. The van der Waals surface area contributed by atoms with Crippen LogP contribution >= 0.6 is 15.9 Å². The Morgan fingerprint density at radius 3 is 2.05 bits per heavy atom. The maximum atomic E-state index is 14.1. The first-order chi connectivity index (χ1) is 18.4. The number of halogens is 1. The molecule has 0 radical (unpaired) electrons. The molecule has 0 saturated carbocycles. The average molecular weight is 615 g/mol. The van der Waals surface area contributed by atoms with Crippen molar-refractivity contribution in [1.29, 1.82) is 0 Å². The maximum Gasteiger partial charge on any atom is 0.244 e. The molecular weight excluding hydrogens is 578 g/mol. The summed E-state index contributed by atoms with van der Waals surface area (Å²) in [5.74, 6) is -0.766. The summed E-state index contributed by atoms with van der Waals surface area (Å²) in [6, 6.07) is 21.5. The first kappa shape index (κ1) is 30.4. The van der Waals surface area contributed by atoms with Gasteiger partial charge in [-0.05, 0) is 62.1 Å². The first-order valence-corrected chi connectivity index (χ1v) is 15.4. The van der Waals surface area contributed by atoms with Crippen LogP contribution in [0, 0.1) is 13.8 Å². The standard InChI is InChI=1S/C30H36BrN3O4S/c1-21(2)32-30(36)27(18-24-13-7-6-8-14-24)33(19-25-15-10-16-26(31)17-25)28(35)20-34(39(5,37)38)29-22(3)11-9-12-23(29)4/h6-17,21,27H,18-20H2,1-5H3,(H,32,36)/t27-/m0/s1. The van der Waals surface area contributed by atoms with Crippen molar-refractivity contribution in [2.24, 2.45) is 0 Å². The summed E-state index contributed by atoms with van der Waals surface area (Å²) in [6.07, 6.45) is 1.37. The molecule has 0 aliphatic rings. The molecule has 0 aliphatic carbocycles. The van der Waals surface area contributed by atoms with Gasteiger partial charge in [0.05, 0.1) is 11.9 Å². The van der Waals surface area contributed by atoms with Gasteiger partial charge in [-0.3, -0.25) is 13.9 Å². The van der Waals surface area contributed by atoms with Crippen molar-refractivity contribution < 1.29 is 18.0 Å². The molecule has 3 aromatic carbocycles. The molecule has 0 heterocycles. The van der Waals surface area contributed by atoms with Crippen LogP contribution in [-0.4, -0.2) is 50.0 Å². The van der Waals surface area contributed by atoms with E-state index in [1.165, 1.54) is 4.90 Å². The highest BCUT2D eigenvalue weighted by Gasteiger charge is 2.33. The van der Waals surface area contributed by atoms with E-state index in [0.29, 0.717) is 5.69 Å². The number of nitrogens with one attached hydrogen (secondary N) is 1. The molecule has 0 saturated heterocycles. The number of carbonyl (C=O) groups excluding carboxylic acids is 2. The molecule has 208 valence electrons. The van der Waals surface area contributed by atoms with E-state index in [1.807, 2.05) is 100 Å². The predicted octanol–water partition coefficient (Wildman–Crippen LogP) is 5.00. The zero-order valence-electron chi connectivity index (χ0n) is 23.0. The number of benzene rings is 3. The van der Waals surface area contributed by atoms with Gasteiger partial charge in [-0.15, -0.1) is 0 Å². The molecule has 0 spiro atoms. The lowest BCUT2D eigenvalue weighted by atomic mass is 10.0. The normalized spacial score (nSPS) is 12.2. The summed E-state index contributed by atoms with van der Waals surface area (Å²) in [6.45, 7) is 7.07. The fraction of sp³-hybridized carbons (Fsp3) is 0.333. The Hall–Kier alpha value is -3.17. The Bertz CT molecular complexity index is 1390. The van der Waals surface area contributed by atoms with Crippen LogP contribution in [0.4, 0.5) is 5.69 Å². The number of rotatable bonds is 11. The second-order valence-corrected chi connectivity index (χ2v) is 12.9. The monoisotopic (exact) mass is 613 g/mol. The van der Waals surface area contributed by atoms with Gasteiger partial charge in [-0.25, -0.2) is 8.42 Å². The second kappa shape index (κ2) is 13.3. The van der Waals surface area contributed by atoms with E-state index >= 15 is 0 Å². The zero-order valence-corrected chi connectivity index (χ0v) is 25.4. The molecular formula is C30H36BrN3O4S. The summed E-state index contributed by atoms with van der Waals surface area (Å²) >= 11 is 3.48. The highest BCUT2D eigenvalue weighted by molar-refractivity contribution is 9.10. The van der Waals surface area contributed by atoms with Crippen LogP contribution < -0.4 is 9.62 Å². The van der Waals surface area contributed by atoms with Gasteiger partial charge in [0, 0.05) is 23.5 Å². The van der Waals surface area contributed by atoms with Gasteiger partial charge in [0.25, 0.3) is 0 Å². The van der Waals surface area contributed by atoms with Gasteiger partial charge in [-0.2, -0.15) is 0 Å². The molecule has 0 aromatic heterocycles. The quantitative estimate of drug-likeness (QED) is 0.330. The highest BCUT2D eigenvalue weighted by atomic mass is 79.9. The number of para-hydroxylation sites is 1. The maximum absolute atomic E-state index is 14.1. The number of aryl methyl sites for hydroxylation is 2. The molecule has 0 unspecified atom stereocenters. The van der Waals surface area contributed by atoms with Crippen LogP contribution in [0.1, 0.15) is 36.1 Å². The predicted molar refractivity (Wildman–Crippen MR) is 160 cm³/mol.